The smallest absolute Gasteiger partial charge is 0.261 e. The summed E-state index contributed by atoms with van der Waals surface area (Å²) in [6.45, 7) is 8.96. The summed E-state index contributed by atoms with van der Waals surface area (Å²) in [4.78, 5) is 23.0. The molecule has 2 saturated heterocycles. The number of hydroxylamine groups is 1. The maximum Gasteiger partial charge on any atom is 0.261 e. The van der Waals surface area contributed by atoms with Crippen LogP contribution >= 0.6 is 11.8 Å². The van der Waals surface area contributed by atoms with Gasteiger partial charge in [0.05, 0.1) is 24.2 Å². The van der Waals surface area contributed by atoms with Gasteiger partial charge >= 0.3 is 0 Å². The summed E-state index contributed by atoms with van der Waals surface area (Å²) in [5.41, 5.74) is 3.68. The largest absolute Gasteiger partial charge is 0.379 e. The number of sulfone groups is 1. The number of carbonyl (C=O) groups is 1. The maximum atomic E-state index is 14.0. The molecule has 11 heteroatoms. The molecule has 2 heterocycles. The van der Waals surface area contributed by atoms with Crippen LogP contribution < -0.4 is 10.8 Å². The summed E-state index contributed by atoms with van der Waals surface area (Å²) >= 11 is 1.58. The fourth-order valence-corrected chi connectivity index (χ4v) is 7.21. The molecule has 2 unspecified atom stereocenters. The van der Waals surface area contributed by atoms with Gasteiger partial charge in [-0.25, -0.2) is 18.7 Å². The number of aryl methyl sites for hydroxylation is 1. The second-order valence-electron chi connectivity index (χ2n) is 10.6. The van der Waals surface area contributed by atoms with Crippen LogP contribution in [0.25, 0.3) is 0 Å². The summed E-state index contributed by atoms with van der Waals surface area (Å²) in [5, 5.41) is 2.17. The number of carbonyl (C=O) groups excluding carboxylic acids is 1. The van der Waals surface area contributed by atoms with Crippen LogP contribution in [0.15, 0.2) is 63.2 Å². The highest BCUT2D eigenvalue weighted by Crippen LogP contribution is 2.29. The van der Waals surface area contributed by atoms with Gasteiger partial charge in [0.15, 0.2) is 16.1 Å². The highest BCUT2D eigenvalue weighted by molar-refractivity contribution is 7.99. The summed E-state index contributed by atoms with van der Waals surface area (Å²) in [6, 6.07) is 14.3. The van der Waals surface area contributed by atoms with Crippen molar-refractivity contribution in [2.45, 2.75) is 72.4 Å². The average molecular weight is 592 g/mol. The minimum atomic E-state index is -3.84. The molecule has 4 rings (SSSR count). The number of benzene rings is 2. The van der Waals surface area contributed by atoms with E-state index in [1.54, 1.807) is 23.9 Å². The van der Waals surface area contributed by atoms with Gasteiger partial charge in [-0.15, -0.1) is 0 Å². The second-order valence-corrected chi connectivity index (χ2v) is 13.9. The zero-order valence-corrected chi connectivity index (χ0v) is 25.1. The molecule has 2 fully saturated rings. The van der Waals surface area contributed by atoms with Crippen molar-refractivity contribution in [1.29, 1.82) is 0 Å². The fourth-order valence-electron chi connectivity index (χ4n) is 4.70. The average Bonchev–Trinajstić information content (AvgIpc) is 2.95. The van der Waals surface area contributed by atoms with E-state index < -0.39 is 33.5 Å². The van der Waals surface area contributed by atoms with Gasteiger partial charge in [0.2, 0.25) is 0 Å². The minimum Gasteiger partial charge on any atom is -0.379 e. The van der Waals surface area contributed by atoms with Crippen molar-refractivity contribution >= 4 is 27.5 Å². The van der Waals surface area contributed by atoms with Crippen LogP contribution in [0.1, 0.15) is 38.7 Å². The Morgan fingerprint density at radius 3 is 2.48 bits per heavy atom. The van der Waals surface area contributed by atoms with Crippen LogP contribution in [0.3, 0.4) is 0 Å². The summed E-state index contributed by atoms with van der Waals surface area (Å²) in [7, 11) is -3.84. The first-order valence-corrected chi connectivity index (χ1v) is 16.3. The van der Waals surface area contributed by atoms with Gasteiger partial charge in [0.25, 0.3) is 5.91 Å². The Bertz CT molecular complexity index is 1200. The van der Waals surface area contributed by atoms with Crippen LogP contribution in [0.2, 0.25) is 0 Å². The Morgan fingerprint density at radius 2 is 1.82 bits per heavy atom. The number of ether oxygens (including phenoxy) is 2. The molecule has 40 heavy (non-hydrogen) atoms. The Morgan fingerprint density at radius 1 is 1.07 bits per heavy atom. The topological polar surface area (TPSA) is 106 Å². The molecule has 0 bridgehead atoms. The lowest BCUT2D eigenvalue weighted by molar-refractivity contribution is -0.201. The molecular weight excluding hydrogens is 550 g/mol. The minimum absolute atomic E-state index is 0.189. The number of hydrogen-bond donors (Lipinski definition) is 2. The van der Waals surface area contributed by atoms with E-state index in [0.717, 1.165) is 22.6 Å². The zero-order valence-electron chi connectivity index (χ0n) is 23.5. The highest BCUT2D eigenvalue weighted by Gasteiger charge is 2.35. The van der Waals surface area contributed by atoms with Gasteiger partial charge in [-0.05, 0) is 62.1 Å². The first kappa shape index (κ1) is 31.0. The Labute approximate surface area is 242 Å². The summed E-state index contributed by atoms with van der Waals surface area (Å²) in [6.07, 6.45) is 2.15. The second kappa shape index (κ2) is 14.8. The molecule has 2 aliphatic heterocycles. The maximum absolute atomic E-state index is 14.0. The van der Waals surface area contributed by atoms with E-state index in [1.165, 1.54) is 5.56 Å². The van der Waals surface area contributed by atoms with E-state index in [-0.39, 0.29) is 17.4 Å². The molecule has 2 aromatic carbocycles. The fraction of sp³-hybridized carbons (Fsp3) is 0.552. The Hall–Kier alpha value is -1.99. The van der Waals surface area contributed by atoms with Crippen molar-refractivity contribution < 1.29 is 27.5 Å². The molecule has 2 aromatic rings. The van der Waals surface area contributed by atoms with E-state index in [0.29, 0.717) is 39.3 Å². The van der Waals surface area contributed by atoms with Gasteiger partial charge in [0, 0.05) is 42.5 Å². The van der Waals surface area contributed by atoms with Crippen LogP contribution in [-0.2, 0) is 28.9 Å². The third kappa shape index (κ3) is 8.75. The number of nitrogens with one attached hydrogen (secondary N) is 2. The van der Waals surface area contributed by atoms with Gasteiger partial charge in [-0.3, -0.25) is 15.0 Å². The first-order chi connectivity index (χ1) is 19.2. The lowest BCUT2D eigenvalue weighted by atomic mass is 10.0. The third-order valence-corrected chi connectivity index (χ3v) is 9.98. The van der Waals surface area contributed by atoms with Crippen LogP contribution in [-0.4, -0.2) is 76.4 Å². The number of amides is 1. The van der Waals surface area contributed by atoms with Crippen molar-refractivity contribution in [3.8, 4) is 0 Å². The molecular formula is C29H41N3O6S2. The van der Waals surface area contributed by atoms with Gasteiger partial charge in [-0.2, -0.15) is 0 Å². The van der Waals surface area contributed by atoms with E-state index in [4.69, 9.17) is 14.3 Å². The zero-order chi connectivity index (χ0) is 28.5. The lowest BCUT2D eigenvalue weighted by Crippen LogP contribution is -2.57. The number of nitrogens with zero attached hydrogens (tertiary/aromatic N) is 1. The number of rotatable bonds is 12. The van der Waals surface area contributed by atoms with E-state index in [9.17, 15) is 13.2 Å². The molecule has 0 aliphatic carbocycles. The van der Waals surface area contributed by atoms with Crippen molar-refractivity contribution in [3.63, 3.8) is 0 Å². The molecule has 2 aliphatic rings. The number of morpholine rings is 1. The van der Waals surface area contributed by atoms with E-state index >= 15 is 0 Å². The molecule has 0 aromatic heterocycles. The Kier molecular flexibility index (Phi) is 11.4. The predicted molar refractivity (Wildman–Crippen MR) is 155 cm³/mol. The van der Waals surface area contributed by atoms with E-state index in [1.807, 2.05) is 51.1 Å². The normalized spacial score (nSPS) is 20.2. The molecule has 220 valence electrons. The molecule has 1 amide bonds. The monoisotopic (exact) mass is 591 g/mol. The SMILES string of the molecule is Cc1cccc(Sc2ccc(S(=O)(=O)C(CN3CCOCC3)N[C@@H](C(=O)NOC3CCCCO3)C(C)C)cc2)c1. The van der Waals surface area contributed by atoms with Gasteiger partial charge < -0.3 is 9.47 Å². The molecule has 3 atom stereocenters. The predicted octanol–water partition coefficient (Wildman–Crippen LogP) is 3.77. The van der Waals surface area contributed by atoms with Crippen molar-refractivity contribution in [2.24, 2.45) is 5.92 Å². The molecule has 0 spiro atoms. The molecule has 9 nitrogen and oxygen atoms in total. The van der Waals surface area contributed by atoms with Crippen molar-refractivity contribution in [1.82, 2.24) is 15.7 Å². The van der Waals surface area contributed by atoms with Gasteiger partial charge in [0.1, 0.15) is 5.37 Å². The lowest BCUT2D eigenvalue weighted by Gasteiger charge is -2.33. The van der Waals surface area contributed by atoms with Crippen molar-refractivity contribution in [3.05, 3.63) is 54.1 Å². The number of hydrogen-bond acceptors (Lipinski definition) is 9. The molecule has 2 N–H and O–H groups in total. The Balaban J connectivity index is 1.50. The first-order valence-electron chi connectivity index (χ1n) is 13.9. The van der Waals surface area contributed by atoms with Crippen LogP contribution in [0.4, 0.5) is 0 Å². The summed E-state index contributed by atoms with van der Waals surface area (Å²) < 4.78 is 39.0. The highest BCUT2D eigenvalue weighted by atomic mass is 32.2. The van der Waals surface area contributed by atoms with E-state index in [2.05, 4.69) is 21.8 Å². The molecule has 0 saturated carbocycles. The third-order valence-electron chi connectivity index (χ3n) is 7.02. The van der Waals surface area contributed by atoms with Crippen LogP contribution in [0.5, 0.6) is 0 Å². The quantitative estimate of drug-likeness (QED) is 0.357. The van der Waals surface area contributed by atoms with Gasteiger partial charge in [-0.1, -0.05) is 43.3 Å². The summed E-state index contributed by atoms with van der Waals surface area (Å²) in [5.74, 6) is -0.609. The molecule has 0 radical (unpaired) electrons. The standard InChI is InChI=1S/C29H41N3O6S2/c1-21(2)28(29(33)31-38-27-9-4-5-16-37-27)30-26(20-32-14-17-36-18-15-32)40(34,35)25-12-10-23(11-13-25)39-24-8-6-7-22(3)19-24/h6-8,10-13,19,21,26-28,30H,4-5,9,14-18,20H2,1-3H3,(H,31,33)/t26?,27?,28-/m1/s1. The van der Waals surface area contributed by atoms with Crippen molar-refractivity contribution in [2.75, 3.05) is 39.5 Å². The van der Waals surface area contributed by atoms with Crippen LogP contribution in [0, 0.1) is 12.8 Å².